The van der Waals surface area contributed by atoms with Crippen LogP contribution in [0.4, 0.5) is 13.2 Å². The fourth-order valence-electron chi connectivity index (χ4n) is 6.11. The standard InChI is InChI=1S/C39H54F3NO10/c1-6-8-10-19-38(20-11-9-7-2)51-31-23-28(35(47)43-29(24-44)16-18-33(46)52-37(3,4)5)22-30(34(31)53-38)50-36(48)27-14-12-13-26(21-27)15-17-32(45)49-25-39(40,41)42/h12-15,17,21,23,29-31,34,44H,6-11,16,18-20,22,24-25H2,1-5H3,(H,43,47)/t29-,30+,31+,34-/m0/s1. The van der Waals surface area contributed by atoms with Crippen LogP contribution in [0.5, 0.6) is 0 Å². The first-order valence-corrected chi connectivity index (χ1v) is 18.4. The summed E-state index contributed by atoms with van der Waals surface area (Å²) in [6.07, 6.45) is 3.58. The lowest BCUT2D eigenvalue weighted by molar-refractivity contribution is -0.190. The number of unbranched alkanes of at least 4 members (excludes halogenated alkanes) is 4. The van der Waals surface area contributed by atoms with Gasteiger partial charge in [0, 0.05) is 37.3 Å². The third-order valence-electron chi connectivity index (χ3n) is 8.64. The van der Waals surface area contributed by atoms with E-state index >= 15 is 0 Å². The summed E-state index contributed by atoms with van der Waals surface area (Å²) in [6.45, 7) is 7.29. The summed E-state index contributed by atoms with van der Waals surface area (Å²) in [4.78, 5) is 51.3. The largest absolute Gasteiger partial charge is 0.460 e. The molecule has 11 nitrogen and oxygen atoms in total. The van der Waals surface area contributed by atoms with Crippen molar-refractivity contribution < 1.29 is 61.1 Å². The average molecular weight is 754 g/mol. The van der Waals surface area contributed by atoms with Gasteiger partial charge in [-0.2, -0.15) is 13.2 Å². The minimum atomic E-state index is -4.66. The van der Waals surface area contributed by atoms with Crippen molar-refractivity contribution in [3.05, 3.63) is 53.1 Å². The SMILES string of the molecule is CCCCCC1(CCCCC)O[C@@H]2[C@@H](C=C(C(=O)N[C@H](CO)CCC(=O)OC(C)(C)C)C[C@H]2OC(=O)c2cccc(C=CC(=O)OCC(F)(F)F)c2)O1. The Morgan fingerprint density at radius 3 is 2.32 bits per heavy atom. The number of hydrogen-bond acceptors (Lipinski definition) is 10. The van der Waals surface area contributed by atoms with Crippen LogP contribution in [0.2, 0.25) is 0 Å². The average Bonchev–Trinajstić information content (AvgIpc) is 3.46. The lowest BCUT2D eigenvalue weighted by atomic mass is 9.91. The van der Waals surface area contributed by atoms with Gasteiger partial charge in [-0.3, -0.25) is 9.59 Å². The number of aliphatic hydroxyl groups is 1. The van der Waals surface area contributed by atoms with Crippen LogP contribution in [0.15, 0.2) is 42.0 Å². The predicted molar refractivity (Wildman–Crippen MR) is 189 cm³/mol. The minimum absolute atomic E-state index is 0.0231. The highest BCUT2D eigenvalue weighted by Crippen LogP contribution is 2.43. The number of nitrogens with one attached hydrogen (secondary N) is 1. The predicted octanol–water partition coefficient (Wildman–Crippen LogP) is 6.90. The zero-order chi connectivity index (χ0) is 39.2. The monoisotopic (exact) mass is 753 g/mol. The number of hydrogen-bond donors (Lipinski definition) is 2. The molecule has 3 rings (SSSR count). The number of rotatable bonds is 19. The third kappa shape index (κ3) is 14.9. The van der Waals surface area contributed by atoms with Gasteiger partial charge in [0.05, 0.1) is 18.2 Å². The van der Waals surface area contributed by atoms with Crippen molar-refractivity contribution >= 4 is 29.9 Å². The Kier molecular flexibility index (Phi) is 16.5. The summed E-state index contributed by atoms with van der Waals surface area (Å²) in [5.74, 6) is -3.88. The number of fused-ring (bicyclic) bond motifs is 1. The zero-order valence-electron chi connectivity index (χ0n) is 31.3. The van der Waals surface area contributed by atoms with Gasteiger partial charge in [0.25, 0.3) is 0 Å². The summed E-state index contributed by atoms with van der Waals surface area (Å²) >= 11 is 0. The molecule has 4 atom stereocenters. The second-order valence-electron chi connectivity index (χ2n) is 14.5. The number of esters is 3. The van der Waals surface area contributed by atoms with Crippen molar-refractivity contribution in [2.45, 2.75) is 147 Å². The Hall–Kier alpha value is -3.75. The molecule has 1 fully saturated rings. The molecule has 1 aliphatic heterocycles. The summed E-state index contributed by atoms with van der Waals surface area (Å²) in [7, 11) is 0. The maximum atomic E-state index is 13.6. The highest BCUT2D eigenvalue weighted by atomic mass is 19.4. The van der Waals surface area contributed by atoms with Gasteiger partial charge in [-0.25, -0.2) is 9.59 Å². The van der Waals surface area contributed by atoms with E-state index in [1.54, 1.807) is 32.9 Å². The lowest BCUT2D eigenvalue weighted by Gasteiger charge is -2.31. The van der Waals surface area contributed by atoms with Gasteiger partial charge in [0.15, 0.2) is 12.4 Å². The van der Waals surface area contributed by atoms with Crippen LogP contribution < -0.4 is 5.32 Å². The third-order valence-corrected chi connectivity index (χ3v) is 8.64. The number of aliphatic hydroxyl groups excluding tert-OH is 1. The quantitative estimate of drug-likeness (QED) is 0.0662. The van der Waals surface area contributed by atoms with Crippen molar-refractivity contribution in [2.75, 3.05) is 13.2 Å². The molecule has 14 heteroatoms. The number of carbonyl (C=O) groups excluding carboxylic acids is 4. The molecule has 1 aromatic rings. The van der Waals surface area contributed by atoms with Crippen molar-refractivity contribution in [3.8, 4) is 0 Å². The molecule has 2 aliphatic rings. The van der Waals surface area contributed by atoms with E-state index in [-0.39, 0.29) is 30.4 Å². The van der Waals surface area contributed by atoms with E-state index < -0.39 is 78.9 Å². The van der Waals surface area contributed by atoms with E-state index in [2.05, 4.69) is 23.9 Å². The first-order valence-electron chi connectivity index (χ1n) is 18.4. The molecule has 0 bridgehead atoms. The molecule has 0 aromatic heterocycles. The van der Waals surface area contributed by atoms with E-state index in [4.69, 9.17) is 18.9 Å². The Balaban J connectivity index is 1.83. The van der Waals surface area contributed by atoms with E-state index in [1.165, 1.54) is 24.3 Å². The van der Waals surface area contributed by atoms with Crippen LogP contribution >= 0.6 is 0 Å². The molecule has 0 spiro atoms. The molecule has 2 N–H and O–H groups in total. The fourth-order valence-corrected chi connectivity index (χ4v) is 6.11. The van der Waals surface area contributed by atoms with E-state index in [0.717, 1.165) is 44.6 Å². The van der Waals surface area contributed by atoms with Gasteiger partial charge >= 0.3 is 24.1 Å². The molecule has 1 saturated heterocycles. The Morgan fingerprint density at radius 1 is 1.04 bits per heavy atom. The normalized spacial score (nSPS) is 20.3. The molecule has 1 amide bonds. The number of alkyl halides is 3. The van der Waals surface area contributed by atoms with E-state index in [9.17, 15) is 37.5 Å². The molecular formula is C39H54F3NO10. The smallest absolute Gasteiger partial charge is 0.422 e. The van der Waals surface area contributed by atoms with Crippen LogP contribution in [-0.4, -0.2) is 84.1 Å². The first-order chi connectivity index (χ1) is 25.0. The molecule has 0 unspecified atom stereocenters. The Bertz CT molecular complexity index is 1440. The first kappa shape index (κ1) is 43.7. The van der Waals surface area contributed by atoms with Crippen LogP contribution in [0, 0.1) is 0 Å². The number of benzene rings is 1. The van der Waals surface area contributed by atoms with Crippen molar-refractivity contribution in [1.29, 1.82) is 0 Å². The fraction of sp³-hybridized carbons (Fsp3) is 0.641. The summed E-state index contributed by atoms with van der Waals surface area (Å²) in [5, 5.41) is 12.8. The number of carbonyl (C=O) groups is 4. The van der Waals surface area contributed by atoms with Gasteiger partial charge in [-0.1, -0.05) is 51.7 Å². The molecule has 53 heavy (non-hydrogen) atoms. The van der Waals surface area contributed by atoms with Crippen molar-refractivity contribution in [2.24, 2.45) is 0 Å². The van der Waals surface area contributed by atoms with Crippen LogP contribution in [0.3, 0.4) is 0 Å². The molecule has 0 saturated carbocycles. The summed E-state index contributed by atoms with van der Waals surface area (Å²) < 4.78 is 66.0. The van der Waals surface area contributed by atoms with Gasteiger partial charge in [0.1, 0.15) is 23.9 Å². The number of ether oxygens (including phenoxy) is 5. The Labute approximate surface area is 309 Å². The zero-order valence-corrected chi connectivity index (χ0v) is 31.3. The van der Waals surface area contributed by atoms with Crippen LogP contribution in [0.1, 0.15) is 121 Å². The number of amides is 1. The molecule has 1 aromatic carbocycles. The summed E-state index contributed by atoms with van der Waals surface area (Å²) in [6, 6.07) is 5.20. The molecule has 0 radical (unpaired) electrons. The van der Waals surface area contributed by atoms with Crippen LogP contribution in [-0.2, 0) is 38.1 Å². The highest BCUT2D eigenvalue weighted by molar-refractivity contribution is 5.94. The highest BCUT2D eigenvalue weighted by Gasteiger charge is 2.52. The molecular weight excluding hydrogens is 699 g/mol. The van der Waals surface area contributed by atoms with Gasteiger partial charge < -0.3 is 34.1 Å². The van der Waals surface area contributed by atoms with E-state index in [0.29, 0.717) is 18.4 Å². The van der Waals surface area contributed by atoms with Crippen molar-refractivity contribution in [3.63, 3.8) is 0 Å². The van der Waals surface area contributed by atoms with Crippen LogP contribution in [0.25, 0.3) is 6.08 Å². The second-order valence-corrected chi connectivity index (χ2v) is 14.5. The maximum Gasteiger partial charge on any atom is 0.422 e. The molecule has 1 aliphatic carbocycles. The molecule has 1 heterocycles. The number of halogens is 3. The van der Waals surface area contributed by atoms with E-state index in [1.807, 2.05) is 0 Å². The second kappa shape index (κ2) is 20.1. The van der Waals surface area contributed by atoms with Gasteiger partial charge in [-0.05, 0) is 69.9 Å². The molecule has 296 valence electrons. The maximum absolute atomic E-state index is 13.6. The minimum Gasteiger partial charge on any atom is -0.460 e. The Morgan fingerprint density at radius 2 is 1.72 bits per heavy atom. The van der Waals surface area contributed by atoms with Gasteiger partial charge in [0.2, 0.25) is 5.91 Å². The topological polar surface area (TPSA) is 147 Å². The summed E-state index contributed by atoms with van der Waals surface area (Å²) in [5.41, 5.74) is 0.00169. The van der Waals surface area contributed by atoms with Crippen molar-refractivity contribution in [1.82, 2.24) is 5.32 Å². The van der Waals surface area contributed by atoms with Gasteiger partial charge in [-0.15, -0.1) is 0 Å². The lowest BCUT2D eigenvalue weighted by Crippen LogP contribution is -2.45.